The van der Waals surface area contributed by atoms with Gasteiger partial charge in [0.2, 0.25) is 5.69 Å². The molecular weight excluding hydrogens is 302 g/mol. The van der Waals surface area contributed by atoms with E-state index >= 15 is 0 Å². The van der Waals surface area contributed by atoms with Gasteiger partial charge in [0.1, 0.15) is 0 Å². The minimum Gasteiger partial charge on any atom is -0.188 e. The smallest absolute Gasteiger partial charge is 0.188 e. The van der Waals surface area contributed by atoms with Crippen molar-refractivity contribution in [1.82, 2.24) is 0 Å². The summed E-state index contributed by atoms with van der Waals surface area (Å²) >= 11 is 0. The van der Waals surface area contributed by atoms with E-state index in [1.54, 1.807) is 0 Å². The maximum absolute atomic E-state index is 4.58. The molecule has 1 heteroatoms. The van der Waals surface area contributed by atoms with Crippen molar-refractivity contribution < 1.29 is 4.57 Å². The van der Waals surface area contributed by atoms with Crippen molar-refractivity contribution in [2.24, 2.45) is 0 Å². The van der Waals surface area contributed by atoms with Gasteiger partial charge in [0.05, 0.1) is 10.9 Å². The van der Waals surface area contributed by atoms with Gasteiger partial charge in [0, 0.05) is 24.5 Å². The topological polar surface area (TPSA) is 3.88 Å². The van der Waals surface area contributed by atoms with Gasteiger partial charge in [-0.1, -0.05) is 57.7 Å². The molecule has 1 aliphatic rings. The highest BCUT2D eigenvalue weighted by Gasteiger charge is 2.47. The molecule has 0 N–H and O–H groups in total. The zero-order valence-corrected chi connectivity index (χ0v) is 15.5. The summed E-state index contributed by atoms with van der Waals surface area (Å²) in [5.41, 5.74) is 6.59. The zero-order valence-electron chi connectivity index (χ0n) is 15.5. The summed E-state index contributed by atoms with van der Waals surface area (Å²) < 4.78 is 2.49. The molecule has 0 amide bonds. The molecule has 3 aromatic rings. The van der Waals surface area contributed by atoms with E-state index in [1.165, 1.54) is 38.7 Å². The van der Waals surface area contributed by atoms with Crippen molar-refractivity contribution in [2.45, 2.75) is 45.6 Å². The summed E-state index contributed by atoms with van der Waals surface area (Å²) in [7, 11) is 0. The van der Waals surface area contributed by atoms with E-state index in [1.807, 2.05) is 0 Å². The molecule has 0 saturated carbocycles. The van der Waals surface area contributed by atoms with Crippen LogP contribution in [0.5, 0.6) is 0 Å². The van der Waals surface area contributed by atoms with Crippen LogP contribution in [0.15, 0.2) is 61.3 Å². The number of fused-ring (bicyclic) bond motifs is 5. The molecule has 1 aromatic heterocycles. The second-order valence-corrected chi connectivity index (χ2v) is 7.07. The Kier molecular flexibility index (Phi) is 3.76. The van der Waals surface area contributed by atoms with Crippen LogP contribution in [0, 0.1) is 0 Å². The zero-order chi connectivity index (χ0) is 17.6. The fourth-order valence-corrected chi connectivity index (χ4v) is 4.53. The summed E-state index contributed by atoms with van der Waals surface area (Å²) in [6, 6.07) is 17.9. The third-order valence-electron chi connectivity index (χ3n) is 6.13. The highest BCUT2D eigenvalue weighted by molar-refractivity contribution is 5.97. The maximum Gasteiger partial charge on any atom is 0.221 e. The number of aromatic nitrogens is 1. The number of rotatable bonds is 3. The summed E-state index contributed by atoms with van der Waals surface area (Å²) in [6.07, 6.45) is 5.43. The third-order valence-corrected chi connectivity index (χ3v) is 6.13. The van der Waals surface area contributed by atoms with E-state index in [4.69, 9.17) is 0 Å². The first-order valence-electron chi connectivity index (χ1n) is 9.43. The number of nitrogens with zero attached hydrogens (tertiary/aromatic N) is 1. The Morgan fingerprint density at radius 3 is 2.40 bits per heavy atom. The van der Waals surface area contributed by atoms with Crippen LogP contribution < -0.4 is 4.57 Å². The number of benzene rings is 2. The molecule has 0 atom stereocenters. The Labute approximate surface area is 150 Å². The molecule has 0 saturated heterocycles. The van der Waals surface area contributed by atoms with Crippen molar-refractivity contribution in [3.8, 4) is 11.3 Å². The van der Waals surface area contributed by atoms with Crippen LogP contribution in [0.1, 0.15) is 44.7 Å². The van der Waals surface area contributed by atoms with Crippen molar-refractivity contribution >= 4 is 16.3 Å². The Bertz CT molecular complexity index is 977. The van der Waals surface area contributed by atoms with Gasteiger partial charge in [-0.15, -0.1) is 0 Å². The molecule has 2 aromatic carbocycles. The van der Waals surface area contributed by atoms with Gasteiger partial charge in [-0.3, -0.25) is 0 Å². The van der Waals surface area contributed by atoms with Gasteiger partial charge in [-0.2, -0.15) is 4.57 Å². The highest BCUT2D eigenvalue weighted by Crippen LogP contribution is 2.45. The van der Waals surface area contributed by atoms with Crippen LogP contribution in [-0.2, 0) is 12.0 Å². The van der Waals surface area contributed by atoms with Crippen LogP contribution in [0.25, 0.3) is 27.6 Å². The largest absolute Gasteiger partial charge is 0.221 e. The minimum absolute atomic E-state index is 0.0429. The lowest BCUT2D eigenvalue weighted by atomic mass is 9.74. The molecule has 2 heterocycles. The second kappa shape index (κ2) is 5.84. The van der Waals surface area contributed by atoms with Crippen molar-refractivity contribution in [1.29, 1.82) is 0 Å². The van der Waals surface area contributed by atoms with Crippen molar-refractivity contribution in [3.05, 3.63) is 72.4 Å². The molecule has 0 bridgehead atoms. The first-order valence-corrected chi connectivity index (χ1v) is 9.43. The lowest BCUT2D eigenvalue weighted by molar-refractivity contribution is -0.740. The first-order chi connectivity index (χ1) is 12.2. The van der Waals surface area contributed by atoms with E-state index in [-0.39, 0.29) is 5.54 Å². The van der Waals surface area contributed by atoms with E-state index < -0.39 is 0 Å². The molecule has 0 aliphatic carbocycles. The number of hydrogen-bond acceptors (Lipinski definition) is 0. The second-order valence-electron chi connectivity index (χ2n) is 7.07. The predicted molar refractivity (Wildman–Crippen MR) is 107 cm³/mol. The fourth-order valence-electron chi connectivity index (χ4n) is 4.53. The number of aryl methyl sites for hydroxylation is 1. The van der Waals surface area contributed by atoms with Crippen molar-refractivity contribution in [2.75, 3.05) is 0 Å². The van der Waals surface area contributed by atoms with Crippen LogP contribution in [0.4, 0.5) is 0 Å². The Balaban J connectivity index is 2.17. The summed E-state index contributed by atoms with van der Waals surface area (Å²) in [4.78, 5) is 0. The lowest BCUT2D eigenvalue weighted by Gasteiger charge is -2.35. The lowest BCUT2D eigenvalue weighted by Crippen LogP contribution is -2.59. The standard InChI is InChI=1S/C24H26N/c1-5-18-12-13-21-22(16-18)17(4)24(6-2,7-3)25-15-14-19-10-8-9-11-20(19)23(21)25/h8-16H,4-7H2,1-3H3/q+1. The third kappa shape index (κ3) is 2.12. The quantitative estimate of drug-likeness (QED) is 0.527. The molecule has 1 aliphatic heterocycles. The Hall–Kier alpha value is -2.41. The summed E-state index contributed by atoms with van der Waals surface area (Å²) in [5, 5.41) is 2.63. The predicted octanol–water partition coefficient (Wildman–Crippen LogP) is 5.90. The van der Waals surface area contributed by atoms with Gasteiger partial charge in [0.25, 0.3) is 0 Å². The van der Waals surface area contributed by atoms with Gasteiger partial charge in [0.15, 0.2) is 11.7 Å². The minimum atomic E-state index is -0.0429. The highest BCUT2D eigenvalue weighted by atomic mass is 15.1. The molecular formula is C24H26N+. The van der Waals surface area contributed by atoms with E-state index in [2.05, 4.69) is 86.6 Å². The first kappa shape index (κ1) is 16.1. The molecule has 4 rings (SSSR count). The average Bonchev–Trinajstić information content (AvgIpc) is 2.68. The number of hydrogen-bond donors (Lipinski definition) is 0. The molecule has 1 nitrogen and oxygen atoms in total. The summed E-state index contributed by atoms with van der Waals surface area (Å²) in [5.74, 6) is 0. The van der Waals surface area contributed by atoms with Crippen LogP contribution in [-0.4, -0.2) is 0 Å². The normalized spacial score (nSPS) is 15.1. The van der Waals surface area contributed by atoms with Crippen LogP contribution in [0.3, 0.4) is 0 Å². The number of allylic oxidation sites excluding steroid dienone is 1. The molecule has 0 radical (unpaired) electrons. The number of pyridine rings is 1. The maximum atomic E-state index is 4.58. The molecule has 25 heavy (non-hydrogen) atoms. The van der Waals surface area contributed by atoms with Gasteiger partial charge >= 0.3 is 0 Å². The Morgan fingerprint density at radius 1 is 0.920 bits per heavy atom. The SMILES string of the molecule is C=C1c2cc(CC)ccc2-c2c3ccccc3cc[n+]2C1(CC)CC. The fraction of sp³-hybridized carbons (Fsp3) is 0.292. The van der Waals surface area contributed by atoms with Crippen LogP contribution in [0.2, 0.25) is 0 Å². The van der Waals surface area contributed by atoms with Gasteiger partial charge in [-0.05, 0) is 35.1 Å². The Morgan fingerprint density at radius 2 is 1.68 bits per heavy atom. The van der Waals surface area contributed by atoms with Crippen LogP contribution >= 0.6 is 0 Å². The van der Waals surface area contributed by atoms with E-state index in [9.17, 15) is 0 Å². The molecule has 0 fully saturated rings. The van der Waals surface area contributed by atoms with Gasteiger partial charge in [-0.25, -0.2) is 0 Å². The van der Waals surface area contributed by atoms with E-state index in [0.29, 0.717) is 0 Å². The van der Waals surface area contributed by atoms with E-state index in [0.717, 1.165) is 19.3 Å². The summed E-state index contributed by atoms with van der Waals surface area (Å²) in [6.45, 7) is 11.4. The van der Waals surface area contributed by atoms with Gasteiger partial charge < -0.3 is 0 Å². The molecule has 0 unspecified atom stereocenters. The molecule has 126 valence electrons. The average molecular weight is 328 g/mol. The van der Waals surface area contributed by atoms with Crippen molar-refractivity contribution in [3.63, 3.8) is 0 Å². The molecule has 0 spiro atoms. The monoisotopic (exact) mass is 328 g/mol.